The van der Waals surface area contributed by atoms with Crippen LogP contribution in [0.2, 0.25) is 0 Å². The third-order valence-corrected chi connectivity index (χ3v) is 5.50. The number of para-hydroxylation sites is 1. The van der Waals surface area contributed by atoms with E-state index in [1.807, 2.05) is 21.7 Å². The average molecular weight is 434 g/mol. The first kappa shape index (κ1) is 20.4. The van der Waals surface area contributed by atoms with Crippen molar-refractivity contribution in [3.05, 3.63) is 52.5 Å². The number of benzene rings is 1. The molecule has 0 saturated carbocycles. The van der Waals surface area contributed by atoms with E-state index in [1.54, 1.807) is 18.2 Å². The van der Waals surface area contributed by atoms with Crippen LogP contribution in [0.1, 0.15) is 22.7 Å². The second-order valence-electron chi connectivity index (χ2n) is 6.82. The highest BCUT2D eigenvalue weighted by Crippen LogP contribution is 2.29. The van der Waals surface area contributed by atoms with Crippen molar-refractivity contribution >= 4 is 17.2 Å². The van der Waals surface area contributed by atoms with Gasteiger partial charge in [0.1, 0.15) is 5.75 Å². The Morgan fingerprint density at radius 3 is 2.87 bits per heavy atom. The van der Waals surface area contributed by atoms with E-state index in [9.17, 15) is 13.6 Å². The summed E-state index contributed by atoms with van der Waals surface area (Å²) in [5.74, 6) is 0.630. The van der Waals surface area contributed by atoms with Crippen LogP contribution in [-0.4, -0.2) is 58.6 Å². The smallest absolute Gasteiger partial charge is 0.387 e. The second-order valence-corrected chi connectivity index (χ2v) is 7.60. The number of nitrogens with zero attached hydrogens (tertiary/aromatic N) is 4. The van der Waals surface area contributed by atoms with Crippen LogP contribution in [0.25, 0.3) is 11.4 Å². The van der Waals surface area contributed by atoms with Crippen LogP contribution in [0.15, 0.2) is 45.6 Å². The number of alkyl halides is 2. The molecular weight excluding hydrogens is 414 g/mol. The molecule has 0 N–H and O–H groups in total. The van der Waals surface area contributed by atoms with Crippen molar-refractivity contribution < 1.29 is 22.8 Å². The zero-order chi connectivity index (χ0) is 20.9. The minimum absolute atomic E-state index is 0.00259. The van der Waals surface area contributed by atoms with Gasteiger partial charge in [-0.05, 0) is 30.0 Å². The number of rotatable bonds is 6. The highest BCUT2D eigenvalue weighted by molar-refractivity contribution is 7.08. The maximum absolute atomic E-state index is 12.6. The van der Waals surface area contributed by atoms with Gasteiger partial charge >= 0.3 is 6.61 Å². The van der Waals surface area contributed by atoms with Gasteiger partial charge in [-0.2, -0.15) is 25.1 Å². The number of amides is 1. The Hall–Kier alpha value is -2.85. The summed E-state index contributed by atoms with van der Waals surface area (Å²) in [4.78, 5) is 20.9. The molecule has 1 aromatic carbocycles. The van der Waals surface area contributed by atoms with Gasteiger partial charge in [-0.15, -0.1) is 0 Å². The fraction of sp³-hybridized carbons (Fsp3) is 0.350. The van der Waals surface area contributed by atoms with Crippen LogP contribution < -0.4 is 4.74 Å². The molecule has 2 aromatic heterocycles. The molecule has 10 heteroatoms. The highest BCUT2D eigenvalue weighted by Gasteiger charge is 2.22. The van der Waals surface area contributed by atoms with Gasteiger partial charge in [0.05, 0.1) is 17.7 Å². The van der Waals surface area contributed by atoms with Gasteiger partial charge in [0.25, 0.3) is 5.91 Å². The molecule has 0 bridgehead atoms. The molecule has 1 amide bonds. The van der Waals surface area contributed by atoms with Crippen LogP contribution in [-0.2, 0) is 6.54 Å². The van der Waals surface area contributed by atoms with Gasteiger partial charge in [-0.1, -0.05) is 17.3 Å². The van der Waals surface area contributed by atoms with E-state index in [4.69, 9.17) is 4.52 Å². The van der Waals surface area contributed by atoms with E-state index in [1.165, 1.54) is 17.4 Å². The molecule has 3 heterocycles. The normalized spacial score (nSPS) is 15.4. The Kier molecular flexibility index (Phi) is 6.34. The number of aromatic nitrogens is 2. The Labute approximate surface area is 175 Å². The van der Waals surface area contributed by atoms with Crippen LogP contribution in [0, 0.1) is 0 Å². The van der Waals surface area contributed by atoms with Crippen LogP contribution in [0.4, 0.5) is 8.78 Å². The Balaban J connectivity index is 1.39. The third kappa shape index (κ3) is 4.82. The molecule has 3 aromatic rings. The molecule has 7 nitrogen and oxygen atoms in total. The fourth-order valence-corrected chi connectivity index (χ4v) is 4.00. The zero-order valence-electron chi connectivity index (χ0n) is 16.0. The van der Waals surface area contributed by atoms with Crippen molar-refractivity contribution in [1.29, 1.82) is 0 Å². The van der Waals surface area contributed by atoms with Crippen molar-refractivity contribution in [3.8, 4) is 17.1 Å². The molecule has 0 spiro atoms. The molecule has 0 aliphatic carbocycles. The average Bonchev–Trinajstić information content (AvgIpc) is 3.37. The molecule has 0 unspecified atom stereocenters. The Bertz CT molecular complexity index is 980. The standard InChI is InChI=1S/C20H20F2N4O3S/c21-20(22)28-16-5-2-1-4-15(16)18-23-17(29-24-18)12-25-7-3-8-26(10-9-25)19(27)14-6-11-30-13-14/h1-2,4-6,11,13,20H,3,7-10,12H2. The van der Waals surface area contributed by atoms with Gasteiger partial charge in [0.15, 0.2) is 0 Å². The monoisotopic (exact) mass is 434 g/mol. The van der Waals surface area contributed by atoms with E-state index in [2.05, 4.69) is 19.8 Å². The van der Waals surface area contributed by atoms with E-state index in [0.717, 1.165) is 18.5 Å². The molecule has 0 atom stereocenters. The van der Waals surface area contributed by atoms with Crippen LogP contribution in [0.3, 0.4) is 0 Å². The first-order valence-corrected chi connectivity index (χ1v) is 10.4. The molecular formula is C20H20F2N4O3S. The largest absolute Gasteiger partial charge is 0.434 e. The van der Waals surface area contributed by atoms with Crippen molar-refractivity contribution in [2.24, 2.45) is 0 Å². The molecule has 0 radical (unpaired) electrons. The van der Waals surface area contributed by atoms with Crippen molar-refractivity contribution in [3.63, 3.8) is 0 Å². The van der Waals surface area contributed by atoms with Gasteiger partial charge < -0.3 is 14.2 Å². The first-order valence-electron chi connectivity index (χ1n) is 9.51. The lowest BCUT2D eigenvalue weighted by Gasteiger charge is -2.20. The minimum Gasteiger partial charge on any atom is -0.434 e. The lowest BCUT2D eigenvalue weighted by molar-refractivity contribution is -0.0494. The minimum atomic E-state index is -2.94. The Morgan fingerprint density at radius 1 is 1.20 bits per heavy atom. The predicted octanol–water partition coefficient (Wildman–Crippen LogP) is 3.75. The maximum Gasteiger partial charge on any atom is 0.387 e. The molecule has 30 heavy (non-hydrogen) atoms. The summed E-state index contributed by atoms with van der Waals surface area (Å²) in [6.45, 7) is 0.258. The molecule has 4 rings (SSSR count). The topological polar surface area (TPSA) is 71.7 Å². The van der Waals surface area contributed by atoms with Crippen LogP contribution in [0.5, 0.6) is 5.75 Å². The zero-order valence-corrected chi connectivity index (χ0v) is 16.9. The van der Waals surface area contributed by atoms with E-state index in [0.29, 0.717) is 37.6 Å². The molecule has 1 saturated heterocycles. The van der Waals surface area contributed by atoms with E-state index in [-0.39, 0.29) is 17.5 Å². The summed E-state index contributed by atoms with van der Waals surface area (Å²) >= 11 is 1.51. The van der Waals surface area contributed by atoms with E-state index >= 15 is 0 Å². The predicted molar refractivity (Wildman–Crippen MR) is 106 cm³/mol. The molecule has 1 aliphatic rings. The number of ether oxygens (including phenoxy) is 1. The van der Waals surface area contributed by atoms with Gasteiger partial charge in [-0.25, -0.2) is 0 Å². The summed E-state index contributed by atoms with van der Waals surface area (Å²) in [7, 11) is 0. The van der Waals surface area contributed by atoms with Crippen molar-refractivity contribution in [2.75, 3.05) is 26.2 Å². The summed E-state index contributed by atoms with van der Waals surface area (Å²) in [6.07, 6.45) is 0.835. The maximum atomic E-state index is 12.6. The second kappa shape index (κ2) is 9.31. The number of halogens is 2. The Morgan fingerprint density at radius 2 is 2.07 bits per heavy atom. The van der Waals surface area contributed by atoms with Gasteiger partial charge in [0.2, 0.25) is 11.7 Å². The summed E-state index contributed by atoms with van der Waals surface area (Å²) < 4.78 is 35.1. The van der Waals surface area contributed by atoms with Crippen LogP contribution >= 0.6 is 11.3 Å². The lowest BCUT2D eigenvalue weighted by Crippen LogP contribution is -2.34. The SMILES string of the molecule is O=C(c1ccsc1)N1CCCN(Cc2nc(-c3ccccc3OC(F)F)no2)CC1. The van der Waals surface area contributed by atoms with Gasteiger partial charge in [0, 0.05) is 31.6 Å². The number of thiophene rings is 1. The molecule has 158 valence electrons. The summed E-state index contributed by atoms with van der Waals surface area (Å²) in [6, 6.07) is 8.17. The van der Waals surface area contributed by atoms with Crippen molar-refractivity contribution in [1.82, 2.24) is 19.9 Å². The molecule has 1 aliphatic heterocycles. The fourth-order valence-electron chi connectivity index (χ4n) is 3.37. The quantitative estimate of drug-likeness (QED) is 0.589. The third-order valence-electron chi connectivity index (χ3n) is 4.81. The van der Waals surface area contributed by atoms with Crippen molar-refractivity contribution in [2.45, 2.75) is 19.6 Å². The number of hydrogen-bond donors (Lipinski definition) is 0. The number of carbonyl (C=O) groups is 1. The summed E-state index contributed by atoms with van der Waals surface area (Å²) in [5, 5.41) is 7.68. The van der Waals surface area contributed by atoms with Gasteiger partial charge in [-0.3, -0.25) is 9.69 Å². The number of hydrogen-bond acceptors (Lipinski definition) is 7. The number of carbonyl (C=O) groups excluding carboxylic acids is 1. The lowest BCUT2D eigenvalue weighted by atomic mass is 10.2. The highest BCUT2D eigenvalue weighted by atomic mass is 32.1. The van der Waals surface area contributed by atoms with E-state index < -0.39 is 6.61 Å². The molecule has 1 fully saturated rings. The summed E-state index contributed by atoms with van der Waals surface area (Å²) in [5.41, 5.74) is 1.07. The first-order chi connectivity index (χ1) is 14.6.